The molecule has 0 aliphatic carbocycles. The molecular weight excluding hydrogens is 570 g/mol. The molecule has 0 unspecified atom stereocenters. The van der Waals surface area contributed by atoms with Crippen LogP contribution in [0.1, 0.15) is 22.2 Å². The van der Waals surface area contributed by atoms with Crippen LogP contribution in [-0.4, -0.2) is 76.9 Å². The van der Waals surface area contributed by atoms with Crippen LogP contribution in [0.25, 0.3) is 10.2 Å². The summed E-state index contributed by atoms with van der Waals surface area (Å²) in [5.74, 6) is -0.665. The first-order valence-corrected chi connectivity index (χ1v) is 15.0. The van der Waals surface area contributed by atoms with E-state index in [9.17, 15) is 22.8 Å². The second-order valence-electron chi connectivity index (χ2n) is 9.10. The molecule has 13 nitrogen and oxygen atoms in total. The Balaban J connectivity index is 1.39. The Kier molecular flexibility index (Phi) is 8.10. The number of para-hydroxylation sites is 1. The maximum Gasteiger partial charge on any atom is 0.340 e. The number of aromatic nitrogens is 4. The molecule has 1 aliphatic rings. The van der Waals surface area contributed by atoms with Gasteiger partial charge in [0.05, 0.1) is 29.6 Å². The minimum Gasteiger partial charge on any atom is -0.462 e. The largest absolute Gasteiger partial charge is 0.462 e. The van der Waals surface area contributed by atoms with Gasteiger partial charge in [0.25, 0.3) is 5.56 Å². The van der Waals surface area contributed by atoms with Gasteiger partial charge in [-0.25, -0.2) is 28.2 Å². The second kappa shape index (κ2) is 11.7. The summed E-state index contributed by atoms with van der Waals surface area (Å²) in [7, 11) is -4.05. The van der Waals surface area contributed by atoms with Gasteiger partial charge >= 0.3 is 5.97 Å². The predicted octanol–water partition coefficient (Wildman–Crippen LogP) is 1.88. The van der Waals surface area contributed by atoms with Crippen molar-refractivity contribution in [3.63, 3.8) is 0 Å². The molecule has 1 saturated heterocycles. The van der Waals surface area contributed by atoms with E-state index >= 15 is 0 Å². The number of ether oxygens (including phenoxy) is 1. The van der Waals surface area contributed by atoms with Crippen LogP contribution in [0.3, 0.4) is 0 Å². The number of amides is 1. The van der Waals surface area contributed by atoms with Crippen molar-refractivity contribution in [3.8, 4) is 0 Å². The van der Waals surface area contributed by atoms with Crippen LogP contribution in [-0.2, 0) is 26.1 Å². The number of nitrogens with one attached hydrogen (secondary N) is 1. The normalized spacial score (nSPS) is 14.2. The average molecular weight is 598 g/mol. The van der Waals surface area contributed by atoms with Gasteiger partial charge in [0.2, 0.25) is 21.9 Å². The minimum absolute atomic E-state index is 0.0523. The molecule has 214 valence electrons. The van der Waals surface area contributed by atoms with E-state index in [0.29, 0.717) is 23.9 Å². The number of benzene rings is 1. The number of rotatable bonds is 8. The predicted molar refractivity (Wildman–Crippen MR) is 153 cm³/mol. The van der Waals surface area contributed by atoms with Gasteiger partial charge in [0.15, 0.2) is 0 Å². The van der Waals surface area contributed by atoms with Crippen LogP contribution in [0.4, 0.5) is 11.6 Å². The number of piperazine rings is 1. The van der Waals surface area contributed by atoms with Gasteiger partial charge in [-0.3, -0.25) is 14.2 Å². The Morgan fingerprint density at radius 2 is 1.76 bits per heavy atom. The van der Waals surface area contributed by atoms with Crippen molar-refractivity contribution in [3.05, 3.63) is 69.8 Å². The average Bonchev–Trinajstić information content (AvgIpc) is 3.33. The fourth-order valence-electron chi connectivity index (χ4n) is 4.57. The van der Waals surface area contributed by atoms with Crippen molar-refractivity contribution in [2.45, 2.75) is 25.3 Å². The van der Waals surface area contributed by atoms with E-state index in [0.717, 1.165) is 15.9 Å². The van der Waals surface area contributed by atoms with E-state index in [1.807, 2.05) is 4.90 Å². The summed E-state index contributed by atoms with van der Waals surface area (Å²) in [6, 6.07) is 8.06. The van der Waals surface area contributed by atoms with Crippen molar-refractivity contribution in [2.75, 3.05) is 43.0 Å². The van der Waals surface area contributed by atoms with E-state index in [-0.39, 0.29) is 46.1 Å². The standard InChI is InChI=1S/C26H27N7O6S2/c1-3-39-25(36)18-7-4-5-8-19(18)30-20(34)15-32-16-29-23-21(24(32)35)22(17(2)40-23)41(37,38)33-13-11-31(12-14-33)26-27-9-6-10-28-26/h4-10,16H,3,11-15H2,1-2H3,(H,30,34). The van der Waals surface area contributed by atoms with E-state index in [1.54, 1.807) is 50.5 Å². The first kappa shape index (κ1) is 28.3. The number of hydrogen-bond acceptors (Lipinski definition) is 11. The van der Waals surface area contributed by atoms with Crippen molar-refractivity contribution >= 4 is 55.1 Å². The molecule has 1 N–H and O–H groups in total. The number of carbonyl (C=O) groups is 2. The third-order valence-corrected chi connectivity index (χ3v) is 9.70. The number of anilines is 2. The molecule has 5 rings (SSSR count). The number of esters is 1. The highest BCUT2D eigenvalue weighted by Crippen LogP contribution is 2.33. The van der Waals surface area contributed by atoms with Gasteiger partial charge < -0.3 is 15.0 Å². The maximum absolute atomic E-state index is 13.8. The summed E-state index contributed by atoms with van der Waals surface area (Å²) < 4.78 is 35.0. The minimum atomic E-state index is -4.05. The number of fused-ring (bicyclic) bond motifs is 1. The van der Waals surface area contributed by atoms with Crippen molar-refractivity contribution in [2.24, 2.45) is 0 Å². The molecule has 0 spiro atoms. The quantitative estimate of drug-likeness (QED) is 0.298. The highest BCUT2D eigenvalue weighted by Gasteiger charge is 2.34. The van der Waals surface area contributed by atoms with Gasteiger partial charge in [-0.1, -0.05) is 12.1 Å². The Bertz CT molecular complexity index is 1760. The van der Waals surface area contributed by atoms with Gasteiger partial charge in [0.1, 0.15) is 16.3 Å². The van der Waals surface area contributed by atoms with E-state index in [4.69, 9.17) is 4.74 Å². The number of aryl methyl sites for hydroxylation is 1. The fraction of sp³-hybridized carbons (Fsp3) is 0.308. The number of nitrogens with zero attached hydrogens (tertiary/aromatic N) is 6. The summed E-state index contributed by atoms with van der Waals surface area (Å²) in [5, 5.41) is 2.57. The Hall–Kier alpha value is -4.21. The SMILES string of the molecule is CCOC(=O)c1ccccc1NC(=O)Cn1cnc2sc(C)c(S(=O)(=O)N3CCN(c4ncccn4)CC3)c2c1=O. The molecule has 0 radical (unpaired) electrons. The molecule has 41 heavy (non-hydrogen) atoms. The second-order valence-corrected chi connectivity index (χ2v) is 12.2. The number of thiophene rings is 1. The van der Waals surface area contributed by atoms with E-state index in [2.05, 4.69) is 20.3 Å². The number of carbonyl (C=O) groups excluding carboxylic acids is 2. The summed E-state index contributed by atoms with van der Waals surface area (Å²) in [4.78, 5) is 53.9. The lowest BCUT2D eigenvalue weighted by Gasteiger charge is -2.33. The van der Waals surface area contributed by atoms with Gasteiger partial charge in [-0.15, -0.1) is 11.3 Å². The van der Waals surface area contributed by atoms with Crippen LogP contribution < -0.4 is 15.8 Å². The molecule has 3 aromatic heterocycles. The number of sulfonamides is 1. The molecule has 15 heteroatoms. The van der Waals surface area contributed by atoms with Crippen molar-refractivity contribution in [1.29, 1.82) is 0 Å². The van der Waals surface area contributed by atoms with Crippen LogP contribution in [0.5, 0.6) is 0 Å². The zero-order valence-corrected chi connectivity index (χ0v) is 23.9. The summed E-state index contributed by atoms with van der Waals surface area (Å²) >= 11 is 1.11. The van der Waals surface area contributed by atoms with Gasteiger partial charge in [-0.2, -0.15) is 4.31 Å². The highest BCUT2D eigenvalue weighted by molar-refractivity contribution is 7.89. The molecule has 0 bridgehead atoms. The summed E-state index contributed by atoms with van der Waals surface area (Å²) in [6.07, 6.45) is 4.47. The van der Waals surface area contributed by atoms with Crippen molar-refractivity contribution < 1.29 is 22.7 Å². The smallest absolute Gasteiger partial charge is 0.340 e. The van der Waals surface area contributed by atoms with Crippen LogP contribution in [0, 0.1) is 6.92 Å². The highest BCUT2D eigenvalue weighted by atomic mass is 32.2. The zero-order valence-electron chi connectivity index (χ0n) is 22.3. The fourth-order valence-corrected chi connectivity index (χ4v) is 7.66. The van der Waals surface area contributed by atoms with Crippen LogP contribution >= 0.6 is 11.3 Å². The first-order valence-electron chi connectivity index (χ1n) is 12.8. The molecule has 1 amide bonds. The van der Waals surface area contributed by atoms with E-state index < -0.39 is 34.0 Å². The zero-order chi connectivity index (χ0) is 29.1. The van der Waals surface area contributed by atoms with Crippen LogP contribution in [0.15, 0.2) is 58.7 Å². The lowest BCUT2D eigenvalue weighted by Crippen LogP contribution is -2.49. The third kappa shape index (κ3) is 5.68. The van der Waals surface area contributed by atoms with Crippen LogP contribution in [0.2, 0.25) is 0 Å². The maximum atomic E-state index is 13.8. The molecular formula is C26H27N7O6S2. The number of hydrogen-bond donors (Lipinski definition) is 1. The Morgan fingerprint density at radius 3 is 2.46 bits per heavy atom. The monoisotopic (exact) mass is 597 g/mol. The Morgan fingerprint density at radius 1 is 1.05 bits per heavy atom. The molecule has 1 aliphatic heterocycles. The summed E-state index contributed by atoms with van der Waals surface area (Å²) in [6.45, 7) is 4.20. The molecule has 0 atom stereocenters. The van der Waals surface area contributed by atoms with Gasteiger partial charge in [0, 0.05) is 43.4 Å². The molecule has 4 aromatic rings. The van der Waals surface area contributed by atoms with Gasteiger partial charge in [-0.05, 0) is 32.0 Å². The molecule has 1 fully saturated rings. The summed E-state index contributed by atoms with van der Waals surface area (Å²) in [5.41, 5.74) is -0.250. The van der Waals surface area contributed by atoms with E-state index in [1.165, 1.54) is 16.7 Å². The Labute approximate surface area is 239 Å². The third-order valence-electron chi connectivity index (χ3n) is 6.48. The molecule has 1 aromatic carbocycles. The lowest BCUT2D eigenvalue weighted by molar-refractivity contribution is -0.116. The molecule has 4 heterocycles. The van der Waals surface area contributed by atoms with Crippen molar-refractivity contribution in [1.82, 2.24) is 23.8 Å². The molecule has 0 saturated carbocycles. The topological polar surface area (TPSA) is 157 Å². The lowest BCUT2D eigenvalue weighted by atomic mass is 10.2. The first-order chi connectivity index (χ1) is 19.7.